The van der Waals surface area contributed by atoms with Crippen LogP contribution in [0.25, 0.3) is 0 Å². The van der Waals surface area contributed by atoms with Crippen molar-refractivity contribution in [2.24, 2.45) is 11.5 Å². The van der Waals surface area contributed by atoms with Gasteiger partial charge in [0.2, 0.25) is 0 Å². The first-order valence-corrected chi connectivity index (χ1v) is 4.90. The maximum absolute atomic E-state index is 10.6. The van der Waals surface area contributed by atoms with Gasteiger partial charge >= 0.3 is 6.09 Å². The van der Waals surface area contributed by atoms with E-state index in [1.165, 1.54) is 0 Å². The van der Waals surface area contributed by atoms with Crippen molar-refractivity contribution in [1.29, 1.82) is 0 Å². The van der Waals surface area contributed by atoms with Crippen LogP contribution in [-0.4, -0.2) is 17.2 Å². The maximum atomic E-state index is 10.6. The fourth-order valence-electron chi connectivity index (χ4n) is 1.29. The standard InChI is InChI=1S/C10H22N2O2/c1-9(2,12)6-5-7-10(3,4)14-8(11)13/h5-7,12H2,1-4H3,(H2,11,13). The third-order valence-electron chi connectivity index (χ3n) is 1.98. The lowest BCUT2D eigenvalue weighted by Crippen LogP contribution is -2.34. The molecule has 0 aromatic heterocycles. The predicted molar refractivity (Wildman–Crippen MR) is 56.9 cm³/mol. The van der Waals surface area contributed by atoms with E-state index < -0.39 is 11.7 Å². The van der Waals surface area contributed by atoms with Crippen LogP contribution in [-0.2, 0) is 4.74 Å². The molecule has 0 aliphatic rings. The quantitative estimate of drug-likeness (QED) is 0.713. The number of carbonyl (C=O) groups excluding carboxylic acids is 1. The smallest absolute Gasteiger partial charge is 0.405 e. The molecule has 1 amide bonds. The third-order valence-corrected chi connectivity index (χ3v) is 1.98. The first-order chi connectivity index (χ1) is 6.12. The topological polar surface area (TPSA) is 78.3 Å². The molecule has 0 aromatic carbocycles. The van der Waals surface area contributed by atoms with Gasteiger partial charge in [-0.15, -0.1) is 0 Å². The van der Waals surface area contributed by atoms with Crippen LogP contribution in [0.4, 0.5) is 4.79 Å². The van der Waals surface area contributed by atoms with Crippen LogP contribution < -0.4 is 11.5 Å². The third kappa shape index (κ3) is 7.86. The van der Waals surface area contributed by atoms with Crippen LogP contribution in [0.3, 0.4) is 0 Å². The first kappa shape index (κ1) is 13.2. The number of nitrogens with two attached hydrogens (primary N) is 2. The number of hydrogen-bond donors (Lipinski definition) is 2. The number of primary amides is 1. The van der Waals surface area contributed by atoms with Crippen molar-refractivity contribution in [2.75, 3.05) is 0 Å². The second-order valence-electron chi connectivity index (χ2n) is 5.02. The second-order valence-corrected chi connectivity index (χ2v) is 5.02. The predicted octanol–water partition coefficient (Wildman–Crippen LogP) is 1.77. The Morgan fingerprint density at radius 3 is 2.07 bits per heavy atom. The lowest BCUT2D eigenvalue weighted by molar-refractivity contribution is 0.0364. The van der Waals surface area contributed by atoms with Gasteiger partial charge in [-0.05, 0) is 47.0 Å². The van der Waals surface area contributed by atoms with Gasteiger partial charge in [-0.1, -0.05) is 0 Å². The Balaban J connectivity index is 3.82. The van der Waals surface area contributed by atoms with E-state index in [9.17, 15) is 4.79 Å². The molecule has 0 aliphatic carbocycles. The summed E-state index contributed by atoms with van der Waals surface area (Å²) in [6, 6.07) is 0. The molecule has 0 heterocycles. The Labute approximate surface area is 86.0 Å². The minimum absolute atomic E-state index is 0.164. The van der Waals surface area contributed by atoms with Gasteiger partial charge in [-0.2, -0.15) is 0 Å². The van der Waals surface area contributed by atoms with Crippen molar-refractivity contribution >= 4 is 6.09 Å². The van der Waals surface area contributed by atoms with E-state index in [-0.39, 0.29) is 5.54 Å². The summed E-state index contributed by atoms with van der Waals surface area (Å²) in [5.74, 6) is 0. The molecular weight excluding hydrogens is 180 g/mol. The van der Waals surface area contributed by atoms with Crippen LogP contribution in [0.15, 0.2) is 0 Å². The molecule has 0 aromatic rings. The second kappa shape index (κ2) is 4.64. The summed E-state index contributed by atoms with van der Waals surface area (Å²) in [7, 11) is 0. The van der Waals surface area contributed by atoms with E-state index in [0.29, 0.717) is 0 Å². The fourth-order valence-corrected chi connectivity index (χ4v) is 1.29. The van der Waals surface area contributed by atoms with Gasteiger partial charge in [0, 0.05) is 5.54 Å². The summed E-state index contributed by atoms with van der Waals surface area (Å²) in [4.78, 5) is 10.6. The Hall–Kier alpha value is -0.770. The fraction of sp³-hybridized carbons (Fsp3) is 0.900. The highest BCUT2D eigenvalue weighted by atomic mass is 16.6. The molecule has 4 nitrogen and oxygen atoms in total. The highest BCUT2D eigenvalue weighted by Crippen LogP contribution is 2.20. The van der Waals surface area contributed by atoms with Crippen molar-refractivity contribution in [3.05, 3.63) is 0 Å². The SMILES string of the molecule is CC(C)(N)CCCC(C)(C)OC(N)=O. The molecule has 0 unspecified atom stereocenters. The Morgan fingerprint density at radius 2 is 1.71 bits per heavy atom. The maximum Gasteiger partial charge on any atom is 0.405 e. The van der Waals surface area contributed by atoms with Gasteiger partial charge in [0.25, 0.3) is 0 Å². The number of rotatable bonds is 5. The molecule has 4 N–H and O–H groups in total. The molecular formula is C10H22N2O2. The summed E-state index contributed by atoms with van der Waals surface area (Å²) in [5.41, 5.74) is 10.1. The molecule has 0 saturated heterocycles. The number of carbonyl (C=O) groups is 1. The molecule has 0 spiro atoms. The molecule has 0 atom stereocenters. The number of hydrogen-bond acceptors (Lipinski definition) is 3. The zero-order chi connectivity index (χ0) is 11.4. The number of ether oxygens (including phenoxy) is 1. The van der Waals surface area contributed by atoms with Gasteiger partial charge in [-0.3, -0.25) is 0 Å². The van der Waals surface area contributed by atoms with Crippen molar-refractivity contribution < 1.29 is 9.53 Å². The summed E-state index contributed by atoms with van der Waals surface area (Å²) >= 11 is 0. The van der Waals surface area contributed by atoms with Gasteiger partial charge < -0.3 is 16.2 Å². The van der Waals surface area contributed by atoms with E-state index in [4.69, 9.17) is 16.2 Å². The normalized spacial score (nSPS) is 12.6. The lowest BCUT2D eigenvalue weighted by Gasteiger charge is -2.26. The van der Waals surface area contributed by atoms with Crippen LogP contribution in [0.5, 0.6) is 0 Å². The highest BCUT2D eigenvalue weighted by molar-refractivity contribution is 5.65. The Morgan fingerprint density at radius 1 is 1.21 bits per heavy atom. The van der Waals surface area contributed by atoms with Crippen molar-refractivity contribution in [3.8, 4) is 0 Å². The minimum Gasteiger partial charge on any atom is -0.444 e. The molecule has 0 radical (unpaired) electrons. The van der Waals surface area contributed by atoms with E-state index in [1.807, 2.05) is 27.7 Å². The Bertz CT molecular complexity index is 195. The molecule has 0 fully saturated rings. The lowest BCUT2D eigenvalue weighted by atomic mass is 9.94. The average Bonchev–Trinajstić information content (AvgIpc) is 1.78. The van der Waals surface area contributed by atoms with E-state index in [0.717, 1.165) is 19.3 Å². The van der Waals surface area contributed by atoms with Crippen LogP contribution in [0.2, 0.25) is 0 Å². The molecule has 4 heteroatoms. The van der Waals surface area contributed by atoms with E-state index in [2.05, 4.69) is 0 Å². The molecule has 0 aliphatic heterocycles. The molecule has 0 bridgehead atoms. The average molecular weight is 202 g/mol. The van der Waals surface area contributed by atoms with Gasteiger partial charge in [-0.25, -0.2) is 4.79 Å². The molecule has 84 valence electrons. The van der Waals surface area contributed by atoms with E-state index in [1.54, 1.807) is 0 Å². The van der Waals surface area contributed by atoms with Gasteiger partial charge in [0.1, 0.15) is 5.60 Å². The number of amides is 1. The zero-order valence-corrected chi connectivity index (χ0v) is 9.59. The molecule has 14 heavy (non-hydrogen) atoms. The van der Waals surface area contributed by atoms with Gasteiger partial charge in [0.15, 0.2) is 0 Å². The highest BCUT2D eigenvalue weighted by Gasteiger charge is 2.22. The van der Waals surface area contributed by atoms with Crippen LogP contribution in [0, 0.1) is 0 Å². The monoisotopic (exact) mass is 202 g/mol. The summed E-state index contributed by atoms with van der Waals surface area (Å²) in [6.45, 7) is 7.66. The molecule has 0 saturated carbocycles. The first-order valence-electron chi connectivity index (χ1n) is 4.90. The van der Waals surface area contributed by atoms with Crippen molar-refractivity contribution in [2.45, 2.75) is 58.1 Å². The summed E-state index contributed by atoms with van der Waals surface area (Å²) in [6.07, 6.45) is 1.88. The largest absolute Gasteiger partial charge is 0.444 e. The van der Waals surface area contributed by atoms with Gasteiger partial charge in [0.05, 0.1) is 0 Å². The van der Waals surface area contributed by atoms with Crippen LogP contribution >= 0.6 is 0 Å². The van der Waals surface area contributed by atoms with Crippen molar-refractivity contribution in [1.82, 2.24) is 0 Å². The van der Waals surface area contributed by atoms with Crippen molar-refractivity contribution in [3.63, 3.8) is 0 Å². The van der Waals surface area contributed by atoms with Crippen LogP contribution in [0.1, 0.15) is 47.0 Å². The molecule has 0 rings (SSSR count). The minimum atomic E-state index is -0.720. The Kier molecular flexibility index (Phi) is 4.39. The zero-order valence-electron chi connectivity index (χ0n) is 9.59. The summed E-state index contributed by atoms with van der Waals surface area (Å²) in [5, 5.41) is 0. The van der Waals surface area contributed by atoms with E-state index >= 15 is 0 Å². The summed E-state index contributed by atoms with van der Waals surface area (Å²) < 4.78 is 4.95.